The summed E-state index contributed by atoms with van der Waals surface area (Å²) in [5.74, 6) is 0.199. The predicted molar refractivity (Wildman–Crippen MR) is 65.1 cm³/mol. The Morgan fingerprint density at radius 2 is 1.81 bits per heavy atom. The van der Waals surface area contributed by atoms with Crippen molar-refractivity contribution in [2.45, 2.75) is 59.5 Å². The summed E-state index contributed by atoms with van der Waals surface area (Å²) in [7, 11) is 0. The molecule has 3 nitrogen and oxygen atoms in total. The molecule has 0 aromatic rings. The first-order valence-electron chi connectivity index (χ1n) is 6.32. The van der Waals surface area contributed by atoms with Crippen LogP contribution in [0.15, 0.2) is 0 Å². The van der Waals surface area contributed by atoms with Crippen LogP contribution in [-0.4, -0.2) is 23.8 Å². The summed E-state index contributed by atoms with van der Waals surface area (Å²) in [6.45, 7) is 8.34. The molecule has 0 fully saturated rings. The van der Waals surface area contributed by atoms with Gasteiger partial charge in [0, 0.05) is 0 Å². The molecule has 3 heteroatoms. The van der Waals surface area contributed by atoms with E-state index >= 15 is 0 Å². The second-order valence-corrected chi connectivity index (χ2v) is 4.85. The molecule has 0 spiro atoms. The van der Waals surface area contributed by atoms with E-state index in [4.69, 9.17) is 9.84 Å². The lowest BCUT2D eigenvalue weighted by molar-refractivity contribution is -0.149. The van der Waals surface area contributed by atoms with E-state index in [2.05, 4.69) is 13.8 Å². The minimum Gasteiger partial charge on any atom is -0.465 e. The molecule has 0 heterocycles. The van der Waals surface area contributed by atoms with Gasteiger partial charge in [-0.3, -0.25) is 4.79 Å². The van der Waals surface area contributed by atoms with Gasteiger partial charge < -0.3 is 9.84 Å². The first kappa shape index (κ1) is 15.4. The summed E-state index contributed by atoms with van der Waals surface area (Å²) in [4.78, 5) is 11.6. The van der Waals surface area contributed by atoms with Crippen LogP contribution < -0.4 is 0 Å². The van der Waals surface area contributed by atoms with E-state index in [-0.39, 0.29) is 18.0 Å². The fourth-order valence-corrected chi connectivity index (χ4v) is 1.55. The molecule has 0 aromatic heterocycles. The van der Waals surface area contributed by atoms with E-state index in [0.717, 1.165) is 12.8 Å². The standard InChI is InChI=1S/C13H26O3/c1-5-6-10(2)9-16-13(15)11(3)7-8-12(4)14/h10-12,14H,5-9H2,1-4H3. The fraction of sp³-hybridized carbons (Fsp3) is 0.923. The van der Waals surface area contributed by atoms with Crippen LogP contribution in [0.25, 0.3) is 0 Å². The van der Waals surface area contributed by atoms with Gasteiger partial charge in [-0.2, -0.15) is 0 Å². The summed E-state index contributed by atoms with van der Waals surface area (Å²) in [6, 6.07) is 0. The monoisotopic (exact) mass is 230 g/mol. The van der Waals surface area contributed by atoms with Crippen molar-refractivity contribution >= 4 is 5.97 Å². The Morgan fingerprint density at radius 3 is 2.31 bits per heavy atom. The lowest BCUT2D eigenvalue weighted by Crippen LogP contribution is -2.19. The molecule has 0 amide bonds. The van der Waals surface area contributed by atoms with Crippen LogP contribution in [-0.2, 0) is 9.53 Å². The van der Waals surface area contributed by atoms with Gasteiger partial charge in [0.25, 0.3) is 0 Å². The van der Waals surface area contributed by atoms with Gasteiger partial charge in [-0.15, -0.1) is 0 Å². The van der Waals surface area contributed by atoms with Crippen molar-refractivity contribution in [3.63, 3.8) is 0 Å². The van der Waals surface area contributed by atoms with Gasteiger partial charge in [-0.1, -0.05) is 27.2 Å². The van der Waals surface area contributed by atoms with Gasteiger partial charge >= 0.3 is 5.97 Å². The number of carbonyl (C=O) groups excluding carboxylic acids is 1. The van der Waals surface area contributed by atoms with E-state index in [1.807, 2.05) is 6.92 Å². The van der Waals surface area contributed by atoms with Crippen LogP contribution >= 0.6 is 0 Å². The van der Waals surface area contributed by atoms with Gasteiger partial charge in [0.15, 0.2) is 0 Å². The van der Waals surface area contributed by atoms with E-state index < -0.39 is 0 Å². The van der Waals surface area contributed by atoms with Crippen molar-refractivity contribution in [3.05, 3.63) is 0 Å². The summed E-state index contributed by atoms with van der Waals surface area (Å²) in [5, 5.41) is 9.12. The number of rotatable bonds is 8. The first-order valence-corrected chi connectivity index (χ1v) is 6.32. The van der Waals surface area contributed by atoms with Gasteiger partial charge in [0.2, 0.25) is 0 Å². The maximum atomic E-state index is 11.6. The maximum Gasteiger partial charge on any atom is 0.308 e. The fourth-order valence-electron chi connectivity index (χ4n) is 1.55. The lowest BCUT2D eigenvalue weighted by Gasteiger charge is -2.15. The van der Waals surface area contributed by atoms with Crippen molar-refractivity contribution < 1.29 is 14.6 Å². The molecule has 0 radical (unpaired) electrons. The lowest BCUT2D eigenvalue weighted by atomic mass is 10.0. The number of esters is 1. The largest absolute Gasteiger partial charge is 0.465 e. The van der Waals surface area contributed by atoms with Crippen LogP contribution in [0.3, 0.4) is 0 Å². The van der Waals surface area contributed by atoms with Crippen LogP contribution in [0.1, 0.15) is 53.4 Å². The average molecular weight is 230 g/mol. The summed E-state index contributed by atoms with van der Waals surface area (Å²) < 4.78 is 5.23. The highest BCUT2D eigenvalue weighted by molar-refractivity contribution is 5.71. The Kier molecular flexibility index (Phi) is 8.26. The summed E-state index contributed by atoms with van der Waals surface area (Å²) >= 11 is 0. The zero-order valence-corrected chi connectivity index (χ0v) is 11.0. The average Bonchev–Trinajstić information content (AvgIpc) is 2.22. The van der Waals surface area contributed by atoms with Crippen LogP contribution in [0.4, 0.5) is 0 Å². The van der Waals surface area contributed by atoms with E-state index in [1.54, 1.807) is 6.92 Å². The number of aliphatic hydroxyl groups excluding tert-OH is 1. The number of ether oxygens (including phenoxy) is 1. The minimum atomic E-state index is -0.339. The van der Waals surface area contributed by atoms with Crippen LogP contribution in [0, 0.1) is 11.8 Å². The number of aliphatic hydroxyl groups is 1. The predicted octanol–water partition coefficient (Wildman–Crippen LogP) is 2.76. The Hall–Kier alpha value is -0.570. The zero-order chi connectivity index (χ0) is 12.6. The number of carbonyl (C=O) groups is 1. The topological polar surface area (TPSA) is 46.5 Å². The molecule has 3 unspecified atom stereocenters. The highest BCUT2D eigenvalue weighted by atomic mass is 16.5. The minimum absolute atomic E-state index is 0.108. The summed E-state index contributed by atoms with van der Waals surface area (Å²) in [5.41, 5.74) is 0. The second kappa shape index (κ2) is 8.57. The molecule has 0 aliphatic carbocycles. The van der Waals surface area contributed by atoms with Gasteiger partial charge in [0.1, 0.15) is 0 Å². The Balaban J connectivity index is 3.70. The van der Waals surface area contributed by atoms with Crippen LogP contribution in [0.5, 0.6) is 0 Å². The Bertz CT molecular complexity index is 190. The maximum absolute atomic E-state index is 11.6. The zero-order valence-electron chi connectivity index (χ0n) is 11.0. The third-order valence-corrected chi connectivity index (χ3v) is 2.71. The molecule has 96 valence electrons. The smallest absolute Gasteiger partial charge is 0.308 e. The molecule has 0 aliphatic heterocycles. The van der Waals surface area contributed by atoms with Crippen molar-refractivity contribution in [2.24, 2.45) is 11.8 Å². The van der Waals surface area contributed by atoms with Crippen molar-refractivity contribution in [1.29, 1.82) is 0 Å². The molecular weight excluding hydrogens is 204 g/mol. The van der Waals surface area contributed by atoms with Crippen molar-refractivity contribution in [3.8, 4) is 0 Å². The molecule has 0 bridgehead atoms. The second-order valence-electron chi connectivity index (χ2n) is 4.85. The molecule has 1 N–H and O–H groups in total. The summed E-state index contributed by atoms with van der Waals surface area (Å²) in [6.07, 6.45) is 3.22. The Labute approximate surface area is 99.2 Å². The molecule has 0 aromatic carbocycles. The SMILES string of the molecule is CCCC(C)COC(=O)C(C)CCC(C)O. The Morgan fingerprint density at radius 1 is 1.19 bits per heavy atom. The van der Waals surface area contributed by atoms with Crippen LogP contribution in [0.2, 0.25) is 0 Å². The van der Waals surface area contributed by atoms with E-state index in [0.29, 0.717) is 25.4 Å². The molecule has 0 rings (SSSR count). The van der Waals surface area contributed by atoms with Gasteiger partial charge in [-0.05, 0) is 32.1 Å². The van der Waals surface area contributed by atoms with Gasteiger partial charge in [0.05, 0.1) is 18.6 Å². The molecular formula is C13H26O3. The van der Waals surface area contributed by atoms with Crippen molar-refractivity contribution in [1.82, 2.24) is 0 Å². The van der Waals surface area contributed by atoms with E-state index in [9.17, 15) is 4.79 Å². The molecule has 0 saturated carbocycles. The normalized spacial score (nSPS) is 16.6. The molecule has 3 atom stereocenters. The first-order chi connectivity index (χ1) is 7.47. The van der Waals surface area contributed by atoms with Crippen molar-refractivity contribution in [2.75, 3.05) is 6.61 Å². The number of hydrogen-bond acceptors (Lipinski definition) is 3. The third-order valence-electron chi connectivity index (χ3n) is 2.71. The van der Waals surface area contributed by atoms with Gasteiger partial charge in [-0.25, -0.2) is 0 Å². The number of hydrogen-bond donors (Lipinski definition) is 1. The highest BCUT2D eigenvalue weighted by Crippen LogP contribution is 2.12. The third kappa shape index (κ3) is 7.69. The molecule has 0 aliphatic rings. The molecule has 16 heavy (non-hydrogen) atoms. The van der Waals surface area contributed by atoms with E-state index in [1.165, 1.54) is 0 Å². The molecule has 0 saturated heterocycles. The highest BCUT2D eigenvalue weighted by Gasteiger charge is 2.16. The quantitative estimate of drug-likeness (QED) is 0.652.